The minimum atomic E-state index is -0.291. The summed E-state index contributed by atoms with van der Waals surface area (Å²) in [5, 5.41) is 5.52. The zero-order chi connectivity index (χ0) is 22.6. The molecule has 9 heteroatoms. The van der Waals surface area contributed by atoms with E-state index in [0.29, 0.717) is 5.75 Å². The van der Waals surface area contributed by atoms with Gasteiger partial charge in [-0.3, -0.25) is 18.9 Å². The molecule has 0 bridgehead atoms. The highest BCUT2D eigenvalue weighted by molar-refractivity contribution is 5.85. The molecule has 2 aromatic heterocycles. The number of rotatable bonds is 7. The number of hydrogen-bond donors (Lipinski definition) is 0. The molecule has 4 aromatic rings. The molecule has 7 nitrogen and oxygen atoms in total. The average Bonchev–Trinajstić information content (AvgIpc) is 3.25. The number of fused-ring (bicyclic) bond motifs is 1. The van der Waals surface area contributed by atoms with Crippen molar-refractivity contribution in [3.8, 4) is 11.4 Å². The fourth-order valence-electron chi connectivity index (χ4n) is 3.97. The second-order valence-electron chi connectivity index (χ2n) is 8.05. The number of halogens is 2. The van der Waals surface area contributed by atoms with Crippen LogP contribution in [-0.2, 0) is 17.9 Å². The lowest BCUT2D eigenvalue weighted by Gasteiger charge is -2.26. The Morgan fingerprint density at radius 1 is 1.00 bits per heavy atom. The van der Waals surface area contributed by atoms with Gasteiger partial charge in [0.1, 0.15) is 18.2 Å². The largest absolute Gasteiger partial charge is 0.489 e. The van der Waals surface area contributed by atoms with Crippen LogP contribution in [0.25, 0.3) is 16.6 Å². The first kappa shape index (κ1) is 23.9. The molecule has 0 radical (unpaired) electrons. The van der Waals surface area contributed by atoms with Crippen molar-refractivity contribution in [2.24, 2.45) is 0 Å². The number of hydrogen-bond acceptors (Lipinski definition) is 5. The Hall–Kier alpha value is -3.20. The van der Waals surface area contributed by atoms with Crippen molar-refractivity contribution in [2.45, 2.75) is 13.2 Å². The SMILES string of the molecule is Cl.O=c1cc(OCc2ccc(F)cc2)ccn1-c1ccc2c(cnn2CCN2CCOCC2)c1. The first-order valence-electron chi connectivity index (χ1n) is 11.0. The van der Waals surface area contributed by atoms with Gasteiger partial charge in [-0.1, -0.05) is 12.1 Å². The predicted molar refractivity (Wildman–Crippen MR) is 131 cm³/mol. The Morgan fingerprint density at radius 2 is 1.79 bits per heavy atom. The van der Waals surface area contributed by atoms with Crippen LogP contribution in [0, 0.1) is 5.82 Å². The van der Waals surface area contributed by atoms with E-state index in [1.54, 1.807) is 29.0 Å². The molecule has 5 rings (SSSR count). The zero-order valence-electron chi connectivity index (χ0n) is 18.6. The van der Waals surface area contributed by atoms with Crippen LogP contribution in [0.2, 0.25) is 0 Å². The number of aromatic nitrogens is 3. The lowest BCUT2D eigenvalue weighted by Crippen LogP contribution is -2.38. The summed E-state index contributed by atoms with van der Waals surface area (Å²) in [6, 6.07) is 15.2. The van der Waals surface area contributed by atoms with E-state index in [2.05, 4.69) is 10.00 Å². The van der Waals surface area contributed by atoms with Crippen LogP contribution in [0.3, 0.4) is 0 Å². The fourth-order valence-corrected chi connectivity index (χ4v) is 3.97. The number of ether oxygens (including phenoxy) is 2. The summed E-state index contributed by atoms with van der Waals surface area (Å²) < 4.78 is 27.7. The van der Waals surface area contributed by atoms with E-state index in [0.717, 1.165) is 61.5 Å². The summed E-state index contributed by atoms with van der Waals surface area (Å²) in [6.07, 6.45) is 3.54. The van der Waals surface area contributed by atoms with Crippen molar-refractivity contribution in [3.05, 3.63) is 88.7 Å². The molecule has 0 saturated carbocycles. The molecule has 2 aromatic carbocycles. The number of nitrogens with zero attached hydrogens (tertiary/aromatic N) is 4. The Labute approximate surface area is 202 Å². The number of pyridine rings is 1. The van der Waals surface area contributed by atoms with Gasteiger partial charge in [0.15, 0.2) is 0 Å². The maximum atomic E-state index is 13.0. The van der Waals surface area contributed by atoms with E-state index >= 15 is 0 Å². The maximum Gasteiger partial charge on any atom is 0.258 e. The highest BCUT2D eigenvalue weighted by Crippen LogP contribution is 2.19. The molecule has 0 unspecified atom stereocenters. The van der Waals surface area contributed by atoms with Gasteiger partial charge in [0.25, 0.3) is 5.56 Å². The van der Waals surface area contributed by atoms with Crippen LogP contribution < -0.4 is 10.3 Å². The molecule has 1 fully saturated rings. The Kier molecular flexibility index (Phi) is 7.62. The summed E-state index contributed by atoms with van der Waals surface area (Å²) in [7, 11) is 0. The Bertz CT molecular complexity index is 1300. The van der Waals surface area contributed by atoms with Gasteiger partial charge in [0.05, 0.1) is 31.5 Å². The summed E-state index contributed by atoms with van der Waals surface area (Å²) in [5.41, 5.74) is 2.45. The molecule has 178 valence electrons. The standard InChI is InChI=1S/C25H25FN4O3.ClH/c26-21-3-1-19(2-4-21)18-33-23-7-8-29(25(31)16-23)22-5-6-24-20(15-22)17-27-30(24)10-9-28-11-13-32-14-12-28;/h1-8,15-17H,9-14,18H2;1H. The lowest BCUT2D eigenvalue weighted by molar-refractivity contribution is 0.0361. The second kappa shape index (κ2) is 10.8. The molecule has 0 amide bonds. The van der Waals surface area contributed by atoms with Gasteiger partial charge in [-0.25, -0.2) is 4.39 Å². The van der Waals surface area contributed by atoms with Crippen LogP contribution in [0.15, 0.2) is 71.8 Å². The Morgan fingerprint density at radius 3 is 2.56 bits per heavy atom. The summed E-state index contributed by atoms with van der Waals surface area (Å²) in [4.78, 5) is 15.1. The molecule has 0 aliphatic carbocycles. The van der Waals surface area contributed by atoms with Gasteiger partial charge in [-0.2, -0.15) is 5.10 Å². The fraction of sp³-hybridized carbons (Fsp3) is 0.280. The number of morpholine rings is 1. The van der Waals surface area contributed by atoms with E-state index in [-0.39, 0.29) is 30.4 Å². The van der Waals surface area contributed by atoms with Crippen LogP contribution in [-0.4, -0.2) is 52.1 Å². The lowest BCUT2D eigenvalue weighted by atomic mass is 10.2. The first-order valence-corrected chi connectivity index (χ1v) is 11.0. The molecule has 0 N–H and O–H groups in total. The topological polar surface area (TPSA) is 61.5 Å². The minimum Gasteiger partial charge on any atom is -0.489 e. The predicted octanol–water partition coefficient (Wildman–Crippen LogP) is 3.66. The number of benzene rings is 2. The third kappa shape index (κ3) is 5.47. The summed E-state index contributed by atoms with van der Waals surface area (Å²) in [5.74, 6) is 0.179. The highest BCUT2D eigenvalue weighted by atomic mass is 35.5. The van der Waals surface area contributed by atoms with Gasteiger partial charge in [0, 0.05) is 43.0 Å². The zero-order valence-corrected chi connectivity index (χ0v) is 19.4. The van der Waals surface area contributed by atoms with Crippen molar-refractivity contribution in [1.29, 1.82) is 0 Å². The van der Waals surface area contributed by atoms with Crippen molar-refractivity contribution in [3.63, 3.8) is 0 Å². The molecule has 0 spiro atoms. The maximum absolute atomic E-state index is 13.0. The Balaban J connectivity index is 0.00000274. The van der Waals surface area contributed by atoms with Crippen molar-refractivity contribution in [2.75, 3.05) is 32.8 Å². The highest BCUT2D eigenvalue weighted by Gasteiger charge is 2.12. The van der Waals surface area contributed by atoms with E-state index in [9.17, 15) is 9.18 Å². The van der Waals surface area contributed by atoms with E-state index < -0.39 is 0 Å². The molecular formula is C25H26ClFN4O3. The van der Waals surface area contributed by atoms with Crippen LogP contribution in [0.5, 0.6) is 5.75 Å². The third-order valence-corrected chi connectivity index (χ3v) is 5.85. The van der Waals surface area contributed by atoms with Gasteiger partial charge in [0.2, 0.25) is 0 Å². The molecule has 1 saturated heterocycles. The monoisotopic (exact) mass is 484 g/mol. The van der Waals surface area contributed by atoms with Crippen LogP contribution >= 0.6 is 12.4 Å². The normalized spacial score (nSPS) is 14.1. The van der Waals surface area contributed by atoms with Crippen molar-refractivity contribution < 1.29 is 13.9 Å². The smallest absolute Gasteiger partial charge is 0.258 e. The van der Waals surface area contributed by atoms with E-state index in [4.69, 9.17) is 9.47 Å². The summed E-state index contributed by atoms with van der Waals surface area (Å²) in [6.45, 7) is 5.48. The molecule has 1 aliphatic rings. The second-order valence-corrected chi connectivity index (χ2v) is 8.05. The molecule has 1 aliphatic heterocycles. The van der Waals surface area contributed by atoms with Crippen LogP contribution in [0.1, 0.15) is 5.56 Å². The van der Waals surface area contributed by atoms with Crippen LogP contribution in [0.4, 0.5) is 4.39 Å². The third-order valence-electron chi connectivity index (χ3n) is 5.85. The van der Waals surface area contributed by atoms with Crippen molar-refractivity contribution in [1.82, 2.24) is 19.2 Å². The van der Waals surface area contributed by atoms with E-state index in [1.165, 1.54) is 18.2 Å². The first-order chi connectivity index (χ1) is 16.2. The summed E-state index contributed by atoms with van der Waals surface area (Å²) >= 11 is 0. The van der Waals surface area contributed by atoms with Crippen molar-refractivity contribution >= 4 is 23.3 Å². The van der Waals surface area contributed by atoms with Gasteiger partial charge < -0.3 is 9.47 Å². The van der Waals surface area contributed by atoms with Gasteiger partial charge >= 0.3 is 0 Å². The van der Waals surface area contributed by atoms with E-state index in [1.807, 2.05) is 29.1 Å². The van der Waals surface area contributed by atoms with Gasteiger partial charge in [-0.05, 0) is 42.0 Å². The molecule has 34 heavy (non-hydrogen) atoms. The average molecular weight is 485 g/mol. The quantitative estimate of drug-likeness (QED) is 0.400. The minimum absolute atomic E-state index is 0. The molecule has 0 atom stereocenters. The van der Waals surface area contributed by atoms with Gasteiger partial charge in [-0.15, -0.1) is 12.4 Å². The molecular weight excluding hydrogens is 459 g/mol. The molecule has 3 heterocycles.